The third kappa shape index (κ3) is 5.86. The van der Waals surface area contributed by atoms with Gasteiger partial charge in [0, 0.05) is 49.4 Å². The van der Waals surface area contributed by atoms with Crippen molar-refractivity contribution in [3.63, 3.8) is 0 Å². The average molecular weight is 443 g/mol. The second-order valence-electron chi connectivity index (χ2n) is 8.35. The van der Waals surface area contributed by atoms with Gasteiger partial charge in [-0.05, 0) is 37.4 Å². The van der Waals surface area contributed by atoms with Gasteiger partial charge in [0.2, 0.25) is 11.8 Å². The molecule has 2 aromatic rings. The zero-order valence-corrected chi connectivity index (χ0v) is 18.7. The van der Waals surface area contributed by atoms with Gasteiger partial charge in [-0.15, -0.1) is 16.9 Å². The first-order chi connectivity index (χ1) is 15.1. The molecule has 0 saturated carbocycles. The Bertz CT molecular complexity index is 889. The predicted octanol–water partition coefficient (Wildman–Crippen LogP) is 1.53. The summed E-state index contributed by atoms with van der Waals surface area (Å²) in [6, 6.07) is 10.7. The van der Waals surface area contributed by atoms with Gasteiger partial charge >= 0.3 is 0 Å². The van der Waals surface area contributed by atoms with Crippen molar-refractivity contribution in [1.29, 1.82) is 0 Å². The van der Waals surface area contributed by atoms with Crippen molar-refractivity contribution in [3.8, 4) is 0 Å². The Morgan fingerprint density at radius 2 is 2.00 bits per heavy atom. The van der Waals surface area contributed by atoms with Gasteiger partial charge in [0.25, 0.3) is 0 Å². The molecule has 0 aliphatic carbocycles. The molecule has 4 heterocycles. The smallest absolute Gasteiger partial charge is 0.224 e. The van der Waals surface area contributed by atoms with E-state index in [1.54, 1.807) is 11.8 Å². The Labute approximate surface area is 187 Å². The van der Waals surface area contributed by atoms with Crippen LogP contribution >= 0.6 is 11.8 Å². The van der Waals surface area contributed by atoms with E-state index in [2.05, 4.69) is 38.0 Å². The van der Waals surface area contributed by atoms with Crippen LogP contribution in [0, 0.1) is 11.8 Å². The molecule has 1 unspecified atom stereocenters. The zero-order chi connectivity index (χ0) is 21.6. The monoisotopic (exact) mass is 442 g/mol. The Morgan fingerprint density at radius 3 is 2.74 bits per heavy atom. The summed E-state index contributed by atoms with van der Waals surface area (Å²) in [5, 5.41) is 14.4. The van der Waals surface area contributed by atoms with Gasteiger partial charge in [-0.25, -0.2) is 0 Å². The molecule has 166 valence electrons. The number of nitrogens with zero attached hydrogens (tertiary/aromatic N) is 4. The van der Waals surface area contributed by atoms with Crippen LogP contribution in [0.15, 0.2) is 41.4 Å². The molecule has 0 radical (unpaired) electrons. The lowest BCUT2D eigenvalue weighted by atomic mass is 9.75. The molecule has 31 heavy (non-hydrogen) atoms. The van der Waals surface area contributed by atoms with Crippen molar-refractivity contribution in [1.82, 2.24) is 30.5 Å². The van der Waals surface area contributed by atoms with Crippen molar-refractivity contribution in [3.05, 3.63) is 42.2 Å². The molecule has 8 nitrogen and oxygen atoms in total. The van der Waals surface area contributed by atoms with Gasteiger partial charge in [-0.3, -0.25) is 19.2 Å². The largest absolute Gasteiger partial charge is 0.355 e. The summed E-state index contributed by atoms with van der Waals surface area (Å²) in [5.74, 6) is 1.29. The van der Waals surface area contributed by atoms with Gasteiger partial charge in [0.05, 0.1) is 18.2 Å². The molecule has 1 aromatic heterocycles. The molecule has 3 saturated heterocycles. The highest BCUT2D eigenvalue weighted by Gasteiger charge is 2.43. The number of thioether (sulfide) groups is 1. The van der Waals surface area contributed by atoms with E-state index in [0.29, 0.717) is 25.0 Å². The summed E-state index contributed by atoms with van der Waals surface area (Å²) >= 11 is 1.76. The molecule has 3 aliphatic rings. The maximum absolute atomic E-state index is 12.6. The predicted molar refractivity (Wildman–Crippen MR) is 119 cm³/mol. The highest BCUT2D eigenvalue weighted by atomic mass is 32.2. The molecular formula is C22H30N6O2S. The van der Waals surface area contributed by atoms with Crippen LogP contribution in [0.3, 0.4) is 0 Å². The topological polar surface area (TPSA) is 92.2 Å². The first-order valence-corrected chi connectivity index (χ1v) is 11.9. The summed E-state index contributed by atoms with van der Waals surface area (Å²) in [5.41, 5.74) is 0.987. The number of benzene rings is 1. The number of hydrogen-bond acceptors (Lipinski definition) is 6. The van der Waals surface area contributed by atoms with Crippen molar-refractivity contribution in [2.45, 2.75) is 43.0 Å². The second kappa shape index (κ2) is 10.3. The molecule has 1 aromatic carbocycles. The SMILES string of the molecule is CC(=O)NCCNC(=O)[C@@H]1CN2CC[C@H]1C[C@@H]2Cn1cc(CSc2ccccc2)nn1. The maximum Gasteiger partial charge on any atom is 0.224 e. The number of carbonyl (C=O) groups excluding carboxylic acids is 2. The highest BCUT2D eigenvalue weighted by Crippen LogP contribution is 2.37. The highest BCUT2D eigenvalue weighted by molar-refractivity contribution is 7.98. The molecular weight excluding hydrogens is 412 g/mol. The molecule has 2 bridgehead atoms. The molecule has 3 fully saturated rings. The molecule has 5 rings (SSSR count). The van der Waals surface area contributed by atoms with E-state index in [-0.39, 0.29) is 17.7 Å². The molecule has 2 amide bonds. The van der Waals surface area contributed by atoms with E-state index in [1.165, 1.54) is 11.8 Å². The Hall–Kier alpha value is -2.39. The molecule has 2 N–H and O–H groups in total. The average Bonchev–Trinajstić information content (AvgIpc) is 3.23. The van der Waals surface area contributed by atoms with Crippen LogP contribution in [0.25, 0.3) is 0 Å². The second-order valence-corrected chi connectivity index (χ2v) is 9.40. The number of nitrogens with one attached hydrogen (secondary N) is 2. The van der Waals surface area contributed by atoms with Crippen LogP contribution in [0.1, 0.15) is 25.5 Å². The van der Waals surface area contributed by atoms with Crippen LogP contribution in [-0.4, -0.2) is 63.9 Å². The summed E-state index contributed by atoms with van der Waals surface area (Å²) in [7, 11) is 0. The van der Waals surface area contributed by atoms with Gasteiger partial charge in [0.1, 0.15) is 0 Å². The number of fused-ring (bicyclic) bond motifs is 3. The molecule has 9 heteroatoms. The number of carbonyl (C=O) groups is 2. The first kappa shape index (κ1) is 21.8. The fourth-order valence-electron chi connectivity index (χ4n) is 4.56. The Balaban J connectivity index is 1.25. The Morgan fingerprint density at radius 1 is 1.19 bits per heavy atom. The van der Waals surface area contributed by atoms with Crippen LogP contribution in [0.2, 0.25) is 0 Å². The lowest BCUT2D eigenvalue weighted by molar-refractivity contribution is -0.133. The molecule has 0 spiro atoms. The van der Waals surface area contributed by atoms with E-state index in [4.69, 9.17) is 0 Å². The number of hydrogen-bond donors (Lipinski definition) is 2. The van der Waals surface area contributed by atoms with Crippen LogP contribution < -0.4 is 10.6 Å². The molecule has 3 aliphatic heterocycles. The summed E-state index contributed by atoms with van der Waals surface area (Å²) in [4.78, 5) is 27.2. The van der Waals surface area contributed by atoms with Gasteiger partial charge in [0.15, 0.2) is 0 Å². The zero-order valence-electron chi connectivity index (χ0n) is 17.9. The summed E-state index contributed by atoms with van der Waals surface area (Å²) in [6.45, 7) is 5.09. The fraction of sp³-hybridized carbons (Fsp3) is 0.545. The van der Waals surface area contributed by atoms with Crippen LogP contribution in [0.4, 0.5) is 0 Å². The standard InChI is InChI=1S/C22H30N6O2S/c1-16(29)23-8-9-24-22(30)21-14-27-10-7-17(21)11-19(27)13-28-12-18(25-26-28)15-31-20-5-3-2-4-6-20/h2-6,12,17,19,21H,7-11,13-15H2,1H3,(H,23,29)(H,24,30)/t17-,19+,21+/m0/s1. The molecule has 4 atom stereocenters. The minimum Gasteiger partial charge on any atom is -0.355 e. The number of amides is 2. The van der Waals surface area contributed by atoms with Crippen molar-refractivity contribution in [2.24, 2.45) is 11.8 Å². The lowest BCUT2D eigenvalue weighted by Crippen LogP contribution is -2.58. The van der Waals surface area contributed by atoms with Crippen molar-refractivity contribution >= 4 is 23.6 Å². The Kier molecular flexibility index (Phi) is 7.24. The normalized spacial score (nSPS) is 24.7. The number of aromatic nitrogens is 3. The van der Waals surface area contributed by atoms with Crippen LogP contribution in [-0.2, 0) is 21.9 Å². The van der Waals surface area contributed by atoms with Crippen LogP contribution in [0.5, 0.6) is 0 Å². The fourth-order valence-corrected chi connectivity index (χ4v) is 5.36. The minimum absolute atomic E-state index is 0.0379. The summed E-state index contributed by atoms with van der Waals surface area (Å²) < 4.78 is 1.95. The van der Waals surface area contributed by atoms with E-state index in [9.17, 15) is 9.59 Å². The van der Waals surface area contributed by atoms with Crippen molar-refractivity contribution < 1.29 is 9.59 Å². The van der Waals surface area contributed by atoms with Gasteiger partial charge in [-0.2, -0.15) is 0 Å². The number of rotatable bonds is 9. The van der Waals surface area contributed by atoms with E-state index in [1.807, 2.05) is 29.1 Å². The van der Waals surface area contributed by atoms with E-state index >= 15 is 0 Å². The van der Waals surface area contributed by atoms with E-state index in [0.717, 1.165) is 43.9 Å². The van der Waals surface area contributed by atoms with Crippen molar-refractivity contribution in [2.75, 3.05) is 26.2 Å². The lowest BCUT2D eigenvalue weighted by Gasteiger charge is -2.49. The van der Waals surface area contributed by atoms with E-state index < -0.39 is 0 Å². The quantitative estimate of drug-likeness (QED) is 0.452. The van der Waals surface area contributed by atoms with Gasteiger partial charge in [-0.1, -0.05) is 23.4 Å². The first-order valence-electron chi connectivity index (χ1n) is 10.9. The number of piperidine rings is 3. The third-order valence-corrected chi connectivity index (χ3v) is 7.17. The minimum atomic E-state index is -0.0742. The third-order valence-electron chi connectivity index (χ3n) is 6.13. The maximum atomic E-state index is 12.6. The van der Waals surface area contributed by atoms with Gasteiger partial charge < -0.3 is 10.6 Å². The summed E-state index contributed by atoms with van der Waals surface area (Å²) in [6.07, 6.45) is 4.12.